The van der Waals surface area contributed by atoms with E-state index in [1.807, 2.05) is 77.0 Å². The zero-order chi connectivity index (χ0) is 101. The standard InChI is InChI=1S/3C32H28Cl3F2N7O2/c2*1-6-20(45)43-10-9-42(13-16(43)5)30-17-11-19(33)28(21-22(34)24(36)25(37)23(35)26(21)39)41-31(17)44(32(46)18(30)12-38)29-15(4)7-8-40-27(29)14(2)3;1-6-20(45)43-10-9-42(13-16(43)5)30-17-11-19(33)28(21-22(34)23(35)24(36)25(37)26(21)39)41-31(17)44(32(46)18(30)12-38)29-15(4)7-8-40-27(29)14(2)3/h3*6-8,11,14,16H,1,9-10,13,39H2,2-5H3/t3*16-/m111/s1. The van der Waals surface area contributed by atoms with Gasteiger partial charge in [-0.2, -0.15) is 15.8 Å². The number of nitrogens with zero attached hydrogens (tertiary/aromatic N) is 18. The molecule has 6 N–H and O–H groups in total. The Bertz CT molecular complexity index is 6790. The first-order valence-electron chi connectivity index (χ1n) is 42.6. The third-order valence-electron chi connectivity index (χ3n) is 24.2. The van der Waals surface area contributed by atoms with E-state index in [1.54, 1.807) is 72.3 Å². The number of carbonyl (C=O) groups is 3. The van der Waals surface area contributed by atoms with Crippen molar-refractivity contribution >= 4 is 189 Å². The van der Waals surface area contributed by atoms with E-state index in [0.717, 1.165) is 0 Å². The van der Waals surface area contributed by atoms with Crippen LogP contribution in [0.2, 0.25) is 45.2 Å². The van der Waals surface area contributed by atoms with Crippen LogP contribution < -0.4 is 48.6 Å². The van der Waals surface area contributed by atoms with E-state index in [0.29, 0.717) is 86.6 Å². The average molecular weight is 2060 g/mol. The van der Waals surface area contributed by atoms with Gasteiger partial charge in [0.25, 0.3) is 16.7 Å². The molecule has 0 aliphatic carbocycles. The van der Waals surface area contributed by atoms with E-state index in [2.05, 4.69) is 52.9 Å². The maximum atomic E-state index is 14.9. The van der Waals surface area contributed by atoms with E-state index in [-0.39, 0.29) is 192 Å². The Morgan fingerprint density at radius 1 is 0.399 bits per heavy atom. The minimum Gasteiger partial charge on any atom is -0.397 e. The first kappa shape index (κ1) is 103. The number of anilines is 6. The number of amides is 3. The zero-order valence-corrected chi connectivity index (χ0v) is 82.6. The summed E-state index contributed by atoms with van der Waals surface area (Å²) in [6, 6.07) is 14.9. The Morgan fingerprint density at radius 2 is 0.652 bits per heavy atom. The predicted octanol–water partition coefficient (Wildman–Crippen LogP) is 20.4. The fraction of sp³-hybridized carbons (Fsp3) is 0.281. The van der Waals surface area contributed by atoms with Gasteiger partial charge in [-0.25, -0.2) is 41.3 Å². The first-order chi connectivity index (χ1) is 65.2. The van der Waals surface area contributed by atoms with Crippen LogP contribution in [-0.2, 0) is 14.4 Å². The fourth-order valence-corrected chi connectivity index (χ4v) is 19.6. The SMILES string of the molecule is C=CC(=O)N1CCN(c2c(C#N)c(=O)n(-c3c(C)ccnc3C(C)C)c3nc(-c4c(N)c(Cl)c(F)c(F)c4Cl)c(Cl)cc23)C[C@H]1C.C=CC(=O)N1CCN(c2c(C#N)c(=O)n(-c3c(C)ccnc3C(C)C)c3nc(-c4c(N)c(Cl)c(F)c(F)c4Cl)c(Cl)cc23)C[C@H]1C.C=CC(=O)N1CCN(c2c(C#N)c(=O)n(-c3c(C)ccnc3C(C)C)c3nc(-c4c(N)c(F)c(F)c(Cl)c4Cl)c(Cl)cc23)C[C@H]1C. The molecule has 0 saturated carbocycles. The van der Waals surface area contributed by atoms with Crippen molar-refractivity contribution in [3.8, 4) is 69.0 Å². The molecule has 0 spiro atoms. The highest BCUT2D eigenvalue weighted by molar-refractivity contribution is 6.45. The number of benzene rings is 3. The lowest BCUT2D eigenvalue weighted by atomic mass is 10.0. The maximum absolute atomic E-state index is 14.9. The molecule has 714 valence electrons. The Balaban J connectivity index is 0.000000175. The Labute approximate surface area is 831 Å². The van der Waals surface area contributed by atoms with Crippen LogP contribution in [0.5, 0.6) is 0 Å². The van der Waals surface area contributed by atoms with Gasteiger partial charge in [-0.15, -0.1) is 0 Å². The number of nitriles is 3. The van der Waals surface area contributed by atoms with Crippen LogP contribution in [0, 0.1) is 89.7 Å². The number of fused-ring (bicyclic) bond motifs is 3. The summed E-state index contributed by atoms with van der Waals surface area (Å²) < 4.78 is 91.7. The number of nitrogen functional groups attached to an aromatic ring is 3. The summed E-state index contributed by atoms with van der Waals surface area (Å²) in [6.45, 7) is 35.6. The minimum absolute atomic E-state index is 0.0324. The molecule has 15 rings (SSSR count). The molecule has 27 nitrogen and oxygen atoms in total. The molecule has 0 radical (unpaired) electrons. The van der Waals surface area contributed by atoms with Crippen LogP contribution in [-0.4, -0.2) is 153 Å². The molecule has 3 atom stereocenters. The van der Waals surface area contributed by atoms with Crippen LogP contribution in [0.25, 0.3) is 83.9 Å². The summed E-state index contributed by atoms with van der Waals surface area (Å²) in [6.07, 6.45) is 8.55. The molecular weight excluding hydrogens is 1980 g/mol. The summed E-state index contributed by atoms with van der Waals surface area (Å²) in [7, 11) is 0. The van der Waals surface area contributed by atoms with Crippen molar-refractivity contribution < 1.29 is 40.7 Å². The van der Waals surface area contributed by atoms with Crippen molar-refractivity contribution in [2.24, 2.45) is 0 Å². The van der Waals surface area contributed by atoms with E-state index in [4.69, 9.17) is 137 Å². The lowest BCUT2D eigenvalue weighted by molar-refractivity contribution is -0.129. The molecule has 3 aliphatic heterocycles. The first-order valence-corrected chi connectivity index (χ1v) is 46.0. The van der Waals surface area contributed by atoms with Crippen molar-refractivity contribution in [1.29, 1.82) is 15.8 Å². The zero-order valence-electron chi connectivity index (χ0n) is 75.8. The van der Waals surface area contributed by atoms with Gasteiger partial charge >= 0.3 is 0 Å². The normalized spacial score (nSPS) is 15.0. The summed E-state index contributed by atoms with van der Waals surface area (Å²) in [5, 5.41) is 28.1. The summed E-state index contributed by atoms with van der Waals surface area (Å²) in [5.41, 5.74) is 18.6. The summed E-state index contributed by atoms with van der Waals surface area (Å²) in [5.74, 6) is -9.81. The molecular formula is C96H84Cl9F6N21O6. The molecule has 3 fully saturated rings. The molecule has 3 amide bonds. The van der Waals surface area contributed by atoms with E-state index in [9.17, 15) is 70.9 Å². The highest BCUT2D eigenvalue weighted by atomic mass is 35.5. The number of piperazine rings is 3. The number of halogens is 15. The number of hydrogen-bond donors (Lipinski definition) is 3. The van der Waals surface area contributed by atoms with Gasteiger partial charge in [-0.1, -0.05) is 166 Å². The largest absolute Gasteiger partial charge is 0.397 e. The Hall–Kier alpha value is -12.7. The van der Waals surface area contributed by atoms with Crippen LogP contribution in [0.4, 0.5) is 60.5 Å². The summed E-state index contributed by atoms with van der Waals surface area (Å²) in [4.78, 5) is 119. The Morgan fingerprint density at radius 3 is 0.899 bits per heavy atom. The minimum atomic E-state index is -1.45. The Kier molecular flexibility index (Phi) is 30.3. The second-order valence-corrected chi connectivity index (χ2v) is 37.3. The molecule has 0 unspecified atom stereocenters. The van der Waals surface area contributed by atoms with Gasteiger partial charge in [0.05, 0.1) is 121 Å². The number of aromatic nitrogens is 9. The summed E-state index contributed by atoms with van der Waals surface area (Å²) >= 11 is 57.4. The third kappa shape index (κ3) is 18.0. The quantitative estimate of drug-likeness (QED) is 0.0282. The number of rotatable bonds is 15. The van der Waals surface area contributed by atoms with Crippen LogP contribution in [0.1, 0.15) is 131 Å². The predicted molar refractivity (Wildman–Crippen MR) is 531 cm³/mol. The van der Waals surface area contributed by atoms with Gasteiger partial charge in [0.15, 0.2) is 34.9 Å². The van der Waals surface area contributed by atoms with Crippen molar-refractivity contribution in [2.45, 2.75) is 119 Å². The number of pyridine rings is 9. The van der Waals surface area contributed by atoms with Crippen molar-refractivity contribution in [1.82, 2.24) is 58.3 Å². The van der Waals surface area contributed by atoms with Gasteiger partial charge in [0.1, 0.15) is 61.9 Å². The number of hydrogen-bond acceptors (Lipinski definition) is 21. The lowest BCUT2D eigenvalue weighted by Gasteiger charge is -2.41. The molecule has 9 aromatic heterocycles. The number of carbonyl (C=O) groups excluding carboxylic acids is 3. The van der Waals surface area contributed by atoms with Gasteiger partial charge in [0, 0.05) is 128 Å². The topological polar surface area (TPSA) is 363 Å². The highest BCUT2D eigenvalue weighted by Gasteiger charge is 2.40. The van der Waals surface area contributed by atoms with Gasteiger partial charge in [-0.05, 0) is 131 Å². The highest BCUT2D eigenvalue weighted by Crippen LogP contribution is 2.51. The van der Waals surface area contributed by atoms with Gasteiger partial charge in [-0.3, -0.25) is 57.4 Å². The smallest absolute Gasteiger partial charge is 0.276 e. The second kappa shape index (κ2) is 40.8. The molecule has 3 saturated heterocycles. The maximum Gasteiger partial charge on any atom is 0.276 e. The van der Waals surface area contributed by atoms with Gasteiger partial charge < -0.3 is 46.6 Å². The molecule has 12 aromatic rings. The average Bonchev–Trinajstić information content (AvgIpc) is 0.726. The van der Waals surface area contributed by atoms with Crippen molar-refractivity contribution in [3.05, 3.63) is 255 Å². The van der Waals surface area contributed by atoms with Crippen molar-refractivity contribution in [2.75, 3.05) is 90.8 Å². The molecule has 42 heteroatoms. The fourth-order valence-electron chi connectivity index (χ4n) is 17.6. The number of aryl methyl sites for hydroxylation is 3. The number of nitrogens with two attached hydrogens (primary N) is 3. The third-order valence-corrected chi connectivity index (χ3v) is 27.3. The van der Waals surface area contributed by atoms with E-state index < -0.39 is 98.8 Å². The lowest BCUT2D eigenvalue weighted by Crippen LogP contribution is -2.54. The molecule has 3 aliphatic rings. The van der Waals surface area contributed by atoms with Crippen LogP contribution in [0.3, 0.4) is 0 Å². The monoisotopic (exact) mass is 2060 g/mol. The van der Waals surface area contributed by atoms with E-state index >= 15 is 0 Å². The molecule has 138 heavy (non-hydrogen) atoms. The molecule has 12 heterocycles. The van der Waals surface area contributed by atoms with Crippen molar-refractivity contribution in [3.63, 3.8) is 0 Å². The molecule has 3 aromatic carbocycles. The van der Waals surface area contributed by atoms with Crippen LogP contribution >= 0.6 is 104 Å². The van der Waals surface area contributed by atoms with Gasteiger partial charge in [0.2, 0.25) is 17.7 Å². The van der Waals surface area contributed by atoms with Crippen LogP contribution in [0.15, 0.2) is 107 Å². The second-order valence-electron chi connectivity index (χ2n) is 33.8. The molecule has 0 bridgehead atoms. The van der Waals surface area contributed by atoms with E-state index in [1.165, 1.54) is 50.1 Å².